The first-order chi connectivity index (χ1) is 11.7. The fourth-order valence-electron chi connectivity index (χ4n) is 4.06. The molecule has 1 heterocycles. The average molecular weight is 337 g/mol. The molecule has 0 fully saturated rings. The molecule has 25 heavy (non-hydrogen) atoms. The van der Waals surface area contributed by atoms with Crippen molar-refractivity contribution < 1.29 is 0 Å². The molecule has 2 aromatic carbocycles. The summed E-state index contributed by atoms with van der Waals surface area (Å²) in [6, 6.07) is 16.1. The quantitative estimate of drug-likeness (QED) is 0.858. The van der Waals surface area contributed by atoms with Crippen LogP contribution in [0.15, 0.2) is 42.5 Å². The Labute approximate surface area is 153 Å². The van der Waals surface area contributed by atoms with Crippen molar-refractivity contribution in [3.05, 3.63) is 70.3 Å². The number of rotatable bonds is 5. The lowest BCUT2D eigenvalue weighted by molar-refractivity contribution is 0.178. The van der Waals surface area contributed by atoms with E-state index in [1.54, 1.807) is 0 Å². The molecule has 0 saturated heterocycles. The molecule has 2 aromatic rings. The first kappa shape index (κ1) is 18.2. The van der Waals surface area contributed by atoms with Crippen LogP contribution in [0.25, 0.3) is 0 Å². The molecule has 0 radical (unpaired) electrons. The van der Waals surface area contributed by atoms with Gasteiger partial charge in [0.15, 0.2) is 0 Å². The van der Waals surface area contributed by atoms with Crippen molar-refractivity contribution in [2.45, 2.75) is 58.2 Å². The Balaban J connectivity index is 1.85. The molecule has 1 N–H and O–H groups in total. The molecule has 0 spiro atoms. The molecule has 2 heteroatoms. The van der Waals surface area contributed by atoms with E-state index >= 15 is 0 Å². The van der Waals surface area contributed by atoms with Gasteiger partial charge in [0.25, 0.3) is 0 Å². The molecule has 0 aliphatic carbocycles. The Kier molecular flexibility index (Phi) is 4.78. The molecular formula is C23H32N2. The summed E-state index contributed by atoms with van der Waals surface area (Å²) < 4.78 is 0. The third-order valence-electron chi connectivity index (χ3n) is 5.93. The van der Waals surface area contributed by atoms with Gasteiger partial charge in [0, 0.05) is 18.6 Å². The number of fused-ring (bicyclic) bond motifs is 1. The van der Waals surface area contributed by atoms with Gasteiger partial charge in [0.2, 0.25) is 0 Å². The molecule has 3 rings (SSSR count). The van der Waals surface area contributed by atoms with Crippen LogP contribution in [-0.2, 0) is 30.5 Å². The van der Waals surface area contributed by atoms with Gasteiger partial charge in [-0.2, -0.15) is 0 Å². The maximum atomic E-state index is 3.25. The first-order valence-corrected chi connectivity index (χ1v) is 9.31. The molecule has 2 nitrogen and oxygen atoms in total. The Morgan fingerprint density at radius 2 is 1.84 bits per heavy atom. The highest BCUT2D eigenvalue weighted by molar-refractivity contribution is 5.41. The van der Waals surface area contributed by atoms with Crippen molar-refractivity contribution in [1.29, 1.82) is 0 Å². The van der Waals surface area contributed by atoms with Crippen molar-refractivity contribution >= 4 is 0 Å². The lowest BCUT2D eigenvalue weighted by atomic mass is 9.78. The lowest BCUT2D eigenvalue weighted by Gasteiger charge is -2.29. The summed E-state index contributed by atoms with van der Waals surface area (Å²) in [5.74, 6) is 0. The van der Waals surface area contributed by atoms with Gasteiger partial charge in [0.1, 0.15) is 0 Å². The Bertz CT molecular complexity index is 758. The second kappa shape index (κ2) is 6.59. The summed E-state index contributed by atoms with van der Waals surface area (Å²) in [4.78, 5) is 2.44. The minimum absolute atomic E-state index is 0.123. The van der Waals surface area contributed by atoms with Gasteiger partial charge in [-0.1, -0.05) is 56.3 Å². The van der Waals surface area contributed by atoms with E-state index in [0.717, 1.165) is 19.5 Å². The molecule has 0 bridgehead atoms. The van der Waals surface area contributed by atoms with E-state index in [2.05, 4.69) is 87.4 Å². The molecule has 0 amide bonds. The van der Waals surface area contributed by atoms with Gasteiger partial charge in [-0.3, -0.25) is 4.90 Å². The van der Waals surface area contributed by atoms with E-state index in [9.17, 15) is 0 Å². The summed E-state index contributed by atoms with van der Waals surface area (Å²) in [5.41, 5.74) is 7.44. The van der Waals surface area contributed by atoms with Crippen molar-refractivity contribution in [2.24, 2.45) is 0 Å². The third kappa shape index (κ3) is 3.51. The van der Waals surface area contributed by atoms with E-state index in [0.29, 0.717) is 0 Å². The predicted molar refractivity (Wildman–Crippen MR) is 107 cm³/mol. The maximum Gasteiger partial charge on any atom is 0.0408 e. The topological polar surface area (TPSA) is 15.3 Å². The van der Waals surface area contributed by atoms with Crippen LogP contribution in [-0.4, -0.2) is 19.0 Å². The summed E-state index contributed by atoms with van der Waals surface area (Å²) in [5, 5.41) is 3.25. The van der Waals surface area contributed by atoms with Crippen LogP contribution < -0.4 is 5.32 Å². The third-order valence-corrected chi connectivity index (χ3v) is 5.93. The van der Waals surface area contributed by atoms with Gasteiger partial charge >= 0.3 is 0 Å². The lowest BCUT2D eigenvalue weighted by Crippen LogP contribution is -2.31. The van der Waals surface area contributed by atoms with Crippen molar-refractivity contribution in [3.8, 4) is 0 Å². The van der Waals surface area contributed by atoms with Gasteiger partial charge in [-0.25, -0.2) is 0 Å². The molecule has 0 unspecified atom stereocenters. The smallest absolute Gasteiger partial charge is 0.0408 e. The van der Waals surface area contributed by atoms with Crippen LogP contribution in [0, 0.1) is 0 Å². The van der Waals surface area contributed by atoms with Crippen molar-refractivity contribution in [2.75, 3.05) is 14.1 Å². The number of nitrogens with one attached hydrogen (secondary N) is 1. The summed E-state index contributed by atoms with van der Waals surface area (Å²) in [6.45, 7) is 11.3. The van der Waals surface area contributed by atoms with Gasteiger partial charge in [0.05, 0.1) is 0 Å². The Morgan fingerprint density at radius 3 is 2.56 bits per heavy atom. The van der Waals surface area contributed by atoms with Crippen molar-refractivity contribution in [3.63, 3.8) is 0 Å². The maximum absolute atomic E-state index is 3.25. The first-order valence-electron chi connectivity index (χ1n) is 9.31. The molecule has 0 aromatic heterocycles. The van der Waals surface area contributed by atoms with Crippen LogP contribution in [0.2, 0.25) is 0 Å². The van der Waals surface area contributed by atoms with E-state index in [4.69, 9.17) is 0 Å². The Morgan fingerprint density at radius 1 is 1.08 bits per heavy atom. The fraction of sp³-hybridized carbons (Fsp3) is 0.478. The number of nitrogens with zero attached hydrogens (tertiary/aromatic N) is 1. The fourth-order valence-corrected chi connectivity index (χ4v) is 4.06. The number of hydrogen-bond donors (Lipinski definition) is 1. The standard InChI is InChI=1S/C23H32N2/c1-22(2,20-9-7-8-18(13-20)15-24-5)14-17-10-11-21-19(12-17)16-25(6)23(21,3)4/h7-13,24H,14-16H2,1-6H3. The Hall–Kier alpha value is -1.64. The van der Waals surface area contributed by atoms with Crippen molar-refractivity contribution in [1.82, 2.24) is 10.2 Å². The molecular weight excluding hydrogens is 304 g/mol. The van der Waals surface area contributed by atoms with Gasteiger partial charge < -0.3 is 5.32 Å². The molecule has 0 atom stereocenters. The summed E-state index contributed by atoms with van der Waals surface area (Å²) >= 11 is 0. The monoisotopic (exact) mass is 336 g/mol. The highest BCUT2D eigenvalue weighted by Gasteiger charge is 2.34. The molecule has 134 valence electrons. The largest absolute Gasteiger partial charge is 0.316 e. The van der Waals surface area contributed by atoms with Crippen LogP contribution in [0.1, 0.15) is 55.5 Å². The number of hydrogen-bond acceptors (Lipinski definition) is 2. The zero-order chi connectivity index (χ0) is 18.2. The minimum Gasteiger partial charge on any atom is -0.316 e. The zero-order valence-electron chi connectivity index (χ0n) is 16.6. The SMILES string of the molecule is CNCc1cccc(C(C)(C)Cc2ccc3c(c2)CN(C)C3(C)C)c1. The predicted octanol–water partition coefficient (Wildman–Crippen LogP) is 4.61. The van der Waals surface area contributed by atoms with E-state index in [1.165, 1.54) is 27.8 Å². The second-order valence-electron chi connectivity index (χ2n) is 8.70. The van der Waals surface area contributed by atoms with Gasteiger partial charge in [-0.15, -0.1) is 0 Å². The van der Waals surface area contributed by atoms with E-state index in [1.807, 2.05) is 7.05 Å². The van der Waals surface area contributed by atoms with E-state index in [-0.39, 0.29) is 11.0 Å². The summed E-state index contributed by atoms with van der Waals surface area (Å²) in [6.07, 6.45) is 1.06. The van der Waals surface area contributed by atoms with Gasteiger partial charge in [-0.05, 0) is 67.6 Å². The summed E-state index contributed by atoms with van der Waals surface area (Å²) in [7, 11) is 4.22. The highest BCUT2D eigenvalue weighted by Crippen LogP contribution is 2.38. The normalized spacial score (nSPS) is 16.9. The van der Waals surface area contributed by atoms with Crippen LogP contribution >= 0.6 is 0 Å². The molecule has 1 aliphatic heterocycles. The van der Waals surface area contributed by atoms with Crippen LogP contribution in [0.3, 0.4) is 0 Å². The van der Waals surface area contributed by atoms with E-state index < -0.39 is 0 Å². The van der Waals surface area contributed by atoms with Crippen LogP contribution in [0.5, 0.6) is 0 Å². The second-order valence-corrected chi connectivity index (χ2v) is 8.70. The highest BCUT2D eigenvalue weighted by atomic mass is 15.2. The molecule has 1 aliphatic rings. The number of benzene rings is 2. The minimum atomic E-state index is 0.123. The zero-order valence-corrected chi connectivity index (χ0v) is 16.6. The molecule has 0 saturated carbocycles. The average Bonchev–Trinajstić information content (AvgIpc) is 2.77. The van der Waals surface area contributed by atoms with Crippen LogP contribution in [0.4, 0.5) is 0 Å².